The van der Waals surface area contributed by atoms with E-state index >= 15 is 0 Å². The van der Waals surface area contributed by atoms with E-state index in [2.05, 4.69) is 24.9 Å². The number of oxime groups is 1. The van der Waals surface area contributed by atoms with Gasteiger partial charge in [0.25, 0.3) is 0 Å². The Kier molecular flexibility index (Phi) is 3.97. The summed E-state index contributed by atoms with van der Waals surface area (Å²) < 4.78 is 0. The first-order valence-corrected chi connectivity index (χ1v) is 7.07. The molecule has 0 fully saturated rings. The minimum atomic E-state index is 0.864. The fraction of sp³-hybridized carbons (Fsp3) is 0.0667. The largest absolute Gasteiger partial charge is 0.399 e. The molecule has 0 aliphatic carbocycles. The molecule has 0 spiro atoms. The summed E-state index contributed by atoms with van der Waals surface area (Å²) in [6, 6.07) is 7.71. The van der Waals surface area contributed by atoms with E-state index in [1.165, 1.54) is 7.11 Å². The van der Waals surface area contributed by atoms with Crippen molar-refractivity contribution in [3.05, 3.63) is 54.6 Å². The number of thiazole rings is 1. The van der Waals surface area contributed by atoms with Crippen LogP contribution in [0.15, 0.2) is 54.2 Å². The highest BCUT2D eigenvalue weighted by Crippen LogP contribution is 2.30. The lowest BCUT2D eigenvalue weighted by Crippen LogP contribution is -1.86. The van der Waals surface area contributed by atoms with Gasteiger partial charge in [-0.05, 0) is 29.8 Å². The second-order valence-corrected chi connectivity index (χ2v) is 5.19. The van der Waals surface area contributed by atoms with Gasteiger partial charge in [-0.25, -0.2) is 4.98 Å². The van der Waals surface area contributed by atoms with Crippen LogP contribution in [0.4, 0.5) is 0 Å². The summed E-state index contributed by atoms with van der Waals surface area (Å²) in [7, 11) is 1.52. The molecule has 0 atom stereocenters. The highest BCUT2D eigenvalue weighted by Gasteiger charge is 2.08. The Bertz CT molecular complexity index is 755. The SMILES string of the molecule is CO/N=C/c1ccnc(-c2cnc(-c3cccnc3)s2)c1. The van der Waals surface area contributed by atoms with Crippen molar-refractivity contribution in [2.24, 2.45) is 5.16 Å². The van der Waals surface area contributed by atoms with Crippen LogP contribution in [0, 0.1) is 0 Å². The zero-order valence-corrected chi connectivity index (χ0v) is 12.1. The highest BCUT2D eigenvalue weighted by molar-refractivity contribution is 7.18. The third-order valence-corrected chi connectivity index (χ3v) is 3.83. The normalized spacial score (nSPS) is 10.9. The Labute approximate surface area is 126 Å². The van der Waals surface area contributed by atoms with Crippen LogP contribution in [0.3, 0.4) is 0 Å². The molecule has 0 aromatic carbocycles. The molecule has 6 heteroatoms. The Morgan fingerprint density at radius 3 is 2.95 bits per heavy atom. The van der Waals surface area contributed by atoms with Crippen LogP contribution < -0.4 is 0 Å². The molecule has 3 rings (SSSR count). The maximum atomic E-state index is 4.69. The van der Waals surface area contributed by atoms with Gasteiger partial charge in [0.1, 0.15) is 12.1 Å². The van der Waals surface area contributed by atoms with E-state index in [1.54, 1.807) is 36.1 Å². The van der Waals surface area contributed by atoms with Gasteiger partial charge in [0, 0.05) is 30.4 Å². The van der Waals surface area contributed by atoms with E-state index in [0.717, 1.165) is 26.7 Å². The fourth-order valence-electron chi connectivity index (χ4n) is 1.79. The standard InChI is InChI=1S/C15H12N4OS/c1-20-19-8-11-4-6-17-13(7-11)14-10-18-15(21-14)12-3-2-5-16-9-12/h2-10H,1H3/b19-8+. The molecule has 0 saturated heterocycles. The number of hydrogen-bond acceptors (Lipinski definition) is 6. The van der Waals surface area contributed by atoms with Crippen molar-refractivity contribution >= 4 is 17.6 Å². The van der Waals surface area contributed by atoms with E-state index in [4.69, 9.17) is 0 Å². The van der Waals surface area contributed by atoms with Gasteiger partial charge >= 0.3 is 0 Å². The summed E-state index contributed by atoms with van der Waals surface area (Å²) in [4.78, 5) is 18.6. The zero-order valence-electron chi connectivity index (χ0n) is 11.3. The zero-order chi connectivity index (χ0) is 14.5. The monoisotopic (exact) mass is 296 g/mol. The van der Waals surface area contributed by atoms with Gasteiger partial charge in [-0.1, -0.05) is 5.16 Å². The van der Waals surface area contributed by atoms with Gasteiger partial charge in [0.2, 0.25) is 0 Å². The van der Waals surface area contributed by atoms with Crippen molar-refractivity contribution in [2.75, 3.05) is 7.11 Å². The molecule has 0 N–H and O–H groups in total. The Morgan fingerprint density at radius 1 is 1.19 bits per heavy atom. The van der Waals surface area contributed by atoms with Gasteiger partial charge in [0.05, 0.1) is 16.8 Å². The van der Waals surface area contributed by atoms with Crippen molar-refractivity contribution in [1.82, 2.24) is 15.0 Å². The predicted molar refractivity (Wildman–Crippen MR) is 83.2 cm³/mol. The topological polar surface area (TPSA) is 60.3 Å². The quantitative estimate of drug-likeness (QED) is 0.548. The van der Waals surface area contributed by atoms with Crippen molar-refractivity contribution in [3.8, 4) is 21.1 Å². The van der Waals surface area contributed by atoms with Crippen LogP contribution >= 0.6 is 11.3 Å². The van der Waals surface area contributed by atoms with Gasteiger partial charge in [-0.2, -0.15) is 0 Å². The highest BCUT2D eigenvalue weighted by atomic mass is 32.1. The average Bonchev–Trinajstić information content (AvgIpc) is 3.04. The van der Waals surface area contributed by atoms with Gasteiger partial charge < -0.3 is 4.84 Å². The van der Waals surface area contributed by atoms with Gasteiger partial charge in [0.15, 0.2) is 0 Å². The molecule has 0 amide bonds. The second kappa shape index (κ2) is 6.23. The van der Waals surface area contributed by atoms with Crippen molar-refractivity contribution in [1.29, 1.82) is 0 Å². The van der Waals surface area contributed by atoms with Crippen LogP contribution in [0.1, 0.15) is 5.56 Å². The molecule has 0 unspecified atom stereocenters. The number of hydrogen-bond donors (Lipinski definition) is 0. The first kappa shape index (κ1) is 13.4. The van der Waals surface area contributed by atoms with Crippen LogP contribution in [0.25, 0.3) is 21.1 Å². The van der Waals surface area contributed by atoms with Gasteiger partial charge in [-0.15, -0.1) is 11.3 Å². The smallest absolute Gasteiger partial charge is 0.125 e. The predicted octanol–water partition coefficient (Wildman–Crippen LogP) is 3.25. The first-order chi connectivity index (χ1) is 10.4. The maximum absolute atomic E-state index is 4.69. The molecule has 3 heterocycles. The molecule has 0 radical (unpaired) electrons. The van der Waals surface area contributed by atoms with Gasteiger partial charge in [-0.3, -0.25) is 9.97 Å². The number of nitrogens with zero attached hydrogens (tertiary/aromatic N) is 4. The summed E-state index contributed by atoms with van der Waals surface area (Å²) in [5, 5.41) is 4.68. The molecular weight excluding hydrogens is 284 g/mol. The molecule has 0 bridgehead atoms. The molecule has 21 heavy (non-hydrogen) atoms. The summed E-state index contributed by atoms with van der Waals surface area (Å²) >= 11 is 1.58. The van der Waals surface area contributed by atoms with E-state index in [1.807, 2.05) is 30.5 Å². The molecule has 0 aliphatic rings. The molecule has 0 saturated carbocycles. The number of rotatable bonds is 4. The summed E-state index contributed by atoms with van der Waals surface area (Å²) in [5.74, 6) is 0. The minimum absolute atomic E-state index is 0.864. The van der Waals surface area contributed by atoms with E-state index in [9.17, 15) is 0 Å². The van der Waals surface area contributed by atoms with E-state index in [-0.39, 0.29) is 0 Å². The van der Waals surface area contributed by atoms with Crippen LogP contribution in [0.2, 0.25) is 0 Å². The lowest BCUT2D eigenvalue weighted by molar-refractivity contribution is 0.215. The number of pyridine rings is 2. The van der Waals surface area contributed by atoms with Crippen LogP contribution in [-0.4, -0.2) is 28.3 Å². The third-order valence-electron chi connectivity index (χ3n) is 2.76. The summed E-state index contributed by atoms with van der Waals surface area (Å²) in [6.45, 7) is 0. The minimum Gasteiger partial charge on any atom is -0.399 e. The van der Waals surface area contributed by atoms with E-state index < -0.39 is 0 Å². The van der Waals surface area contributed by atoms with E-state index in [0.29, 0.717) is 0 Å². The fourth-order valence-corrected chi connectivity index (χ4v) is 2.66. The van der Waals surface area contributed by atoms with Crippen molar-refractivity contribution in [2.45, 2.75) is 0 Å². The Morgan fingerprint density at radius 2 is 2.14 bits per heavy atom. The number of aromatic nitrogens is 3. The molecule has 5 nitrogen and oxygen atoms in total. The Hall–Kier alpha value is -2.60. The second-order valence-electron chi connectivity index (χ2n) is 4.16. The molecular formula is C15H12N4OS. The summed E-state index contributed by atoms with van der Waals surface area (Å²) in [6.07, 6.45) is 8.77. The van der Waals surface area contributed by atoms with Crippen LogP contribution in [0.5, 0.6) is 0 Å². The molecule has 104 valence electrons. The molecule has 0 aliphatic heterocycles. The van der Waals surface area contributed by atoms with Crippen molar-refractivity contribution < 1.29 is 4.84 Å². The van der Waals surface area contributed by atoms with Crippen molar-refractivity contribution in [3.63, 3.8) is 0 Å². The van der Waals surface area contributed by atoms with Crippen LogP contribution in [-0.2, 0) is 4.84 Å². The Balaban J connectivity index is 1.91. The molecule has 3 aromatic heterocycles. The lowest BCUT2D eigenvalue weighted by atomic mass is 10.2. The summed E-state index contributed by atoms with van der Waals surface area (Å²) in [5.41, 5.74) is 2.80. The molecule has 3 aromatic rings. The average molecular weight is 296 g/mol. The maximum Gasteiger partial charge on any atom is 0.125 e. The first-order valence-electron chi connectivity index (χ1n) is 6.26. The lowest BCUT2D eigenvalue weighted by Gasteiger charge is -1.97. The third kappa shape index (κ3) is 3.11.